The molecule has 0 heterocycles. The molecule has 2 atom stereocenters. The van der Waals surface area contributed by atoms with E-state index in [0.717, 1.165) is 19.3 Å². The maximum absolute atomic E-state index is 12.4. The molecule has 0 bridgehead atoms. The molecule has 0 fully saturated rings. The number of halogens is 3. The van der Waals surface area contributed by atoms with E-state index in [1.165, 1.54) is 59.7 Å². The van der Waals surface area contributed by atoms with Crippen LogP contribution in [0.4, 0.5) is 13.2 Å². The molecule has 0 spiro atoms. The second kappa shape index (κ2) is 10.3. The van der Waals surface area contributed by atoms with Gasteiger partial charge in [-0.05, 0) is 71.3 Å². The van der Waals surface area contributed by atoms with Gasteiger partial charge in [0.2, 0.25) is 0 Å². The van der Waals surface area contributed by atoms with Gasteiger partial charge in [0, 0.05) is 11.5 Å². The van der Waals surface area contributed by atoms with Crippen LogP contribution in [0.1, 0.15) is 68.1 Å². The van der Waals surface area contributed by atoms with Gasteiger partial charge in [-0.1, -0.05) is 80.8 Å². The first-order valence-corrected chi connectivity index (χ1v) is 11.8. The number of benzene rings is 3. The topological polar surface area (TPSA) is 9.23 Å². The van der Waals surface area contributed by atoms with E-state index in [4.69, 9.17) is 0 Å². The molecule has 0 aromatic heterocycles. The second-order valence-corrected chi connectivity index (χ2v) is 8.82. The highest BCUT2D eigenvalue weighted by molar-refractivity contribution is 5.87. The summed E-state index contributed by atoms with van der Waals surface area (Å²) < 4.78 is 41.3. The lowest BCUT2D eigenvalue weighted by atomic mass is 9.72. The molecule has 4 heteroatoms. The van der Waals surface area contributed by atoms with E-state index in [2.05, 4.69) is 59.9 Å². The predicted molar refractivity (Wildman–Crippen MR) is 127 cm³/mol. The van der Waals surface area contributed by atoms with Crippen LogP contribution in [0.25, 0.3) is 10.8 Å². The van der Waals surface area contributed by atoms with Crippen LogP contribution < -0.4 is 4.74 Å². The van der Waals surface area contributed by atoms with Crippen LogP contribution in [0.2, 0.25) is 0 Å². The van der Waals surface area contributed by atoms with Crippen molar-refractivity contribution < 1.29 is 17.9 Å². The molecule has 33 heavy (non-hydrogen) atoms. The summed E-state index contributed by atoms with van der Waals surface area (Å²) in [5, 5.41) is 2.56. The molecular weight excluding hydrogens is 421 g/mol. The van der Waals surface area contributed by atoms with Crippen molar-refractivity contribution in [3.63, 3.8) is 0 Å². The van der Waals surface area contributed by atoms with E-state index in [1.54, 1.807) is 12.1 Å². The van der Waals surface area contributed by atoms with Gasteiger partial charge < -0.3 is 4.74 Å². The fourth-order valence-corrected chi connectivity index (χ4v) is 4.91. The standard InChI is InChI=1S/C29H29F3O/c1-2-3-4-5-8-23-15-19-27-25-10-7-6-9-22(25)14-20-28(27)26(23)18-13-21-11-16-24(17-12-21)33-29(30,31)32/h6-7,9-12,14,16-17,20,23,26H,2-5,8,15,19H2,1H3/t23-,26+/m1/s1. The molecule has 1 aliphatic carbocycles. The van der Waals surface area contributed by atoms with Crippen molar-refractivity contribution >= 4 is 10.8 Å². The third kappa shape index (κ3) is 5.90. The SMILES string of the molecule is CCCCCC[C@@H]1CCc2c(ccc3ccccc23)[C@H]1C#Cc1ccc(OC(F)(F)F)cc1. The molecule has 3 aromatic carbocycles. The van der Waals surface area contributed by atoms with Gasteiger partial charge in [-0.3, -0.25) is 0 Å². The number of aryl methyl sites for hydroxylation is 1. The summed E-state index contributed by atoms with van der Waals surface area (Å²) in [4.78, 5) is 0. The molecule has 1 nitrogen and oxygen atoms in total. The lowest BCUT2D eigenvalue weighted by molar-refractivity contribution is -0.274. The molecule has 0 saturated heterocycles. The number of hydrogen-bond donors (Lipinski definition) is 0. The average Bonchev–Trinajstić information content (AvgIpc) is 2.80. The Hall–Kier alpha value is -2.93. The fraction of sp³-hybridized carbons (Fsp3) is 0.379. The quantitative estimate of drug-likeness (QED) is 0.271. The van der Waals surface area contributed by atoms with Crippen LogP contribution in [0.3, 0.4) is 0 Å². The maximum Gasteiger partial charge on any atom is 0.573 e. The molecule has 0 N–H and O–H groups in total. The van der Waals surface area contributed by atoms with Crippen LogP contribution in [-0.4, -0.2) is 6.36 Å². The summed E-state index contributed by atoms with van der Waals surface area (Å²) in [5.41, 5.74) is 3.40. The van der Waals surface area contributed by atoms with Crippen LogP contribution in [-0.2, 0) is 6.42 Å². The third-order valence-electron chi connectivity index (χ3n) is 6.54. The molecule has 0 amide bonds. The van der Waals surface area contributed by atoms with Crippen molar-refractivity contribution in [3.8, 4) is 17.6 Å². The molecule has 0 unspecified atom stereocenters. The maximum atomic E-state index is 12.4. The molecule has 172 valence electrons. The number of unbranched alkanes of at least 4 members (excludes halogenated alkanes) is 3. The number of hydrogen-bond acceptors (Lipinski definition) is 1. The monoisotopic (exact) mass is 450 g/mol. The van der Waals surface area contributed by atoms with Crippen molar-refractivity contribution in [2.24, 2.45) is 5.92 Å². The first-order chi connectivity index (χ1) is 15.9. The average molecular weight is 451 g/mol. The molecule has 0 radical (unpaired) electrons. The zero-order valence-corrected chi connectivity index (χ0v) is 18.9. The number of ether oxygens (including phenoxy) is 1. The second-order valence-electron chi connectivity index (χ2n) is 8.82. The summed E-state index contributed by atoms with van der Waals surface area (Å²) in [6.45, 7) is 2.22. The van der Waals surface area contributed by atoms with Crippen LogP contribution >= 0.6 is 0 Å². The highest BCUT2D eigenvalue weighted by Crippen LogP contribution is 2.41. The molecule has 0 aliphatic heterocycles. The first-order valence-electron chi connectivity index (χ1n) is 11.8. The van der Waals surface area contributed by atoms with E-state index >= 15 is 0 Å². The van der Waals surface area contributed by atoms with Crippen molar-refractivity contribution in [2.75, 3.05) is 0 Å². The summed E-state index contributed by atoms with van der Waals surface area (Å²) in [5.74, 6) is 7.14. The van der Waals surface area contributed by atoms with Gasteiger partial charge in [-0.2, -0.15) is 0 Å². The van der Waals surface area contributed by atoms with Gasteiger partial charge in [0.15, 0.2) is 0 Å². The Morgan fingerprint density at radius 1 is 0.939 bits per heavy atom. The van der Waals surface area contributed by atoms with Gasteiger partial charge in [0.1, 0.15) is 5.75 Å². The minimum absolute atomic E-state index is 0.131. The van der Waals surface area contributed by atoms with Gasteiger partial charge >= 0.3 is 6.36 Å². The summed E-state index contributed by atoms with van der Waals surface area (Å²) in [7, 11) is 0. The number of rotatable bonds is 6. The Morgan fingerprint density at radius 3 is 2.48 bits per heavy atom. The van der Waals surface area contributed by atoms with Crippen LogP contribution in [0, 0.1) is 17.8 Å². The fourth-order valence-electron chi connectivity index (χ4n) is 4.91. The van der Waals surface area contributed by atoms with E-state index in [1.807, 2.05) is 0 Å². The lowest BCUT2D eigenvalue weighted by Crippen LogP contribution is -2.20. The Balaban J connectivity index is 1.62. The van der Waals surface area contributed by atoms with E-state index < -0.39 is 6.36 Å². The summed E-state index contributed by atoms with van der Waals surface area (Å²) in [6.07, 6.45) is 3.59. The molecule has 0 saturated carbocycles. The van der Waals surface area contributed by atoms with Crippen molar-refractivity contribution in [2.45, 2.75) is 64.1 Å². The number of alkyl halides is 3. The summed E-state index contributed by atoms with van der Waals surface area (Å²) in [6, 6.07) is 18.7. The molecule has 3 aromatic rings. The lowest BCUT2D eigenvalue weighted by Gasteiger charge is -2.31. The third-order valence-corrected chi connectivity index (χ3v) is 6.54. The van der Waals surface area contributed by atoms with Gasteiger partial charge in [-0.15, -0.1) is 13.2 Å². The predicted octanol–water partition coefficient (Wildman–Crippen LogP) is 8.41. The largest absolute Gasteiger partial charge is 0.573 e. The minimum atomic E-state index is -4.69. The van der Waals surface area contributed by atoms with Gasteiger partial charge in [-0.25, -0.2) is 0 Å². The Bertz CT molecular complexity index is 1140. The Morgan fingerprint density at radius 2 is 1.73 bits per heavy atom. The first kappa shape index (κ1) is 23.2. The summed E-state index contributed by atoms with van der Waals surface area (Å²) >= 11 is 0. The highest BCUT2D eigenvalue weighted by atomic mass is 19.4. The van der Waals surface area contributed by atoms with Gasteiger partial charge in [0.05, 0.1) is 0 Å². The zero-order chi connectivity index (χ0) is 23.3. The molecule has 1 aliphatic rings. The van der Waals surface area contributed by atoms with Crippen molar-refractivity contribution in [3.05, 3.63) is 77.4 Å². The van der Waals surface area contributed by atoms with E-state index in [9.17, 15) is 13.2 Å². The molecular formula is C29H29F3O. The van der Waals surface area contributed by atoms with Crippen LogP contribution in [0.15, 0.2) is 60.7 Å². The van der Waals surface area contributed by atoms with Crippen molar-refractivity contribution in [1.82, 2.24) is 0 Å². The minimum Gasteiger partial charge on any atom is -0.406 e. The number of fused-ring (bicyclic) bond motifs is 3. The normalized spacial score (nSPS) is 17.8. The van der Waals surface area contributed by atoms with E-state index in [-0.39, 0.29) is 11.7 Å². The Kier molecular flexibility index (Phi) is 7.28. The van der Waals surface area contributed by atoms with E-state index in [0.29, 0.717) is 11.5 Å². The smallest absolute Gasteiger partial charge is 0.406 e. The van der Waals surface area contributed by atoms with Crippen LogP contribution in [0.5, 0.6) is 5.75 Å². The van der Waals surface area contributed by atoms with Gasteiger partial charge in [0.25, 0.3) is 0 Å². The molecule has 4 rings (SSSR count). The Labute approximate surface area is 194 Å². The van der Waals surface area contributed by atoms with Crippen molar-refractivity contribution in [1.29, 1.82) is 0 Å². The highest BCUT2D eigenvalue weighted by Gasteiger charge is 2.31. The zero-order valence-electron chi connectivity index (χ0n) is 18.9.